The lowest BCUT2D eigenvalue weighted by Gasteiger charge is -1.98. The van der Waals surface area contributed by atoms with E-state index in [1.54, 1.807) is 0 Å². The van der Waals surface area contributed by atoms with Crippen molar-refractivity contribution >= 4 is 16.1 Å². The normalized spacial score (nSPS) is 13.9. The molecule has 0 aromatic heterocycles. The maximum atomic E-state index is 9.22. The van der Waals surface area contributed by atoms with Gasteiger partial charge >= 0.3 is 0 Å². The summed E-state index contributed by atoms with van der Waals surface area (Å²) in [5.41, 5.74) is 4.03. The first-order valence-corrected chi connectivity index (χ1v) is 6.01. The number of nitrogens with zero attached hydrogens (tertiary/aromatic N) is 1. The number of nitrogens with two attached hydrogens (primary N) is 1. The van der Waals surface area contributed by atoms with Gasteiger partial charge in [0, 0.05) is 11.6 Å². The summed E-state index contributed by atoms with van der Waals surface area (Å²) in [5, 5.41) is 4.19. The molecule has 17 heavy (non-hydrogen) atoms. The number of rotatable bonds is 2. The van der Waals surface area contributed by atoms with Crippen molar-refractivity contribution in [2.75, 3.05) is 7.11 Å². The minimum absolute atomic E-state index is 0.808. The monoisotopic (exact) mass is 256 g/mol. The van der Waals surface area contributed by atoms with Crippen LogP contribution in [0, 0.1) is 0 Å². The molecule has 0 unspecified atom stereocenters. The second-order valence-electron chi connectivity index (χ2n) is 2.96. The molecule has 92 valence electrons. The molecule has 0 fully saturated rings. The van der Waals surface area contributed by atoms with Crippen LogP contribution in [0.15, 0.2) is 47.7 Å². The molecule has 0 saturated heterocycles. The second-order valence-corrected chi connectivity index (χ2v) is 4.11. The lowest BCUT2D eigenvalue weighted by Crippen LogP contribution is -2.69. The summed E-state index contributed by atoms with van der Waals surface area (Å²) in [7, 11) is -3.60. The molecule has 1 aliphatic rings. The average molecular weight is 256 g/mol. The number of allylic oxidation sites excluding steroid dienone is 1. The van der Waals surface area contributed by atoms with Crippen LogP contribution in [0.2, 0.25) is 0 Å². The van der Waals surface area contributed by atoms with Crippen molar-refractivity contribution in [3.05, 3.63) is 48.2 Å². The Balaban J connectivity index is 0.000000209. The molecule has 0 radical (unpaired) electrons. The highest BCUT2D eigenvalue weighted by molar-refractivity contribution is 7.80. The predicted molar refractivity (Wildman–Crippen MR) is 60.8 cm³/mol. The highest BCUT2D eigenvalue weighted by atomic mass is 32.3. The third-order valence-electron chi connectivity index (χ3n) is 1.83. The van der Waals surface area contributed by atoms with Crippen LogP contribution in [0.25, 0.3) is 0 Å². The van der Waals surface area contributed by atoms with Gasteiger partial charge in [-0.2, -0.15) is 5.43 Å². The fraction of sp³-hybridized carbons (Fsp3) is 0.100. The number of hydrogen-bond acceptors (Lipinski definition) is 5. The predicted octanol–water partition coefficient (Wildman–Crippen LogP) is -0.426. The molecule has 2 N–H and O–H groups in total. The Morgan fingerprint density at radius 1 is 1.29 bits per heavy atom. The van der Waals surface area contributed by atoms with Gasteiger partial charge in [-0.05, 0) is 0 Å². The lowest BCUT2D eigenvalue weighted by molar-refractivity contribution is -0.590. The molecule has 1 aliphatic heterocycles. The molecule has 1 aromatic rings. The average Bonchev–Trinajstić information content (AvgIpc) is 2.84. The number of benzene rings is 1. The maximum absolute atomic E-state index is 9.22. The molecule has 0 amide bonds. The van der Waals surface area contributed by atoms with Crippen LogP contribution < -0.4 is 5.43 Å². The lowest BCUT2D eigenvalue weighted by atomic mass is 10.1. The fourth-order valence-electron chi connectivity index (χ4n) is 1.08. The van der Waals surface area contributed by atoms with Crippen LogP contribution in [-0.2, 0) is 14.6 Å². The first-order valence-electron chi connectivity index (χ1n) is 4.67. The van der Waals surface area contributed by atoms with Gasteiger partial charge in [-0.3, -0.25) is 4.18 Å². The van der Waals surface area contributed by atoms with E-state index < -0.39 is 10.4 Å². The molecule has 0 bridgehead atoms. The SMILES string of the molecule is C1=CC(c2ccccc2)=N[NH2+]1.COS(=O)(=O)[O-]. The first kappa shape index (κ1) is 13.5. The van der Waals surface area contributed by atoms with Crippen molar-refractivity contribution in [3.8, 4) is 0 Å². The van der Waals surface area contributed by atoms with Crippen molar-refractivity contribution < 1.29 is 22.6 Å². The fourth-order valence-corrected chi connectivity index (χ4v) is 1.08. The Labute approximate surface area is 99.6 Å². The van der Waals surface area contributed by atoms with Gasteiger partial charge in [-0.1, -0.05) is 35.4 Å². The highest BCUT2D eigenvalue weighted by Crippen LogP contribution is 2.01. The maximum Gasteiger partial charge on any atom is 0.217 e. The standard InChI is InChI=1S/C9H8N2.CH4O4S/c1-2-4-8(5-3-1)9-6-7-10-11-9;1-5-6(2,3)4/h1-7H,(H,10,11);1H3,(H,2,3,4). The quantitative estimate of drug-likeness (QED) is 0.441. The minimum Gasteiger partial charge on any atom is -0.726 e. The van der Waals surface area contributed by atoms with Crippen LogP contribution in [0.1, 0.15) is 5.56 Å². The third kappa shape index (κ3) is 5.36. The van der Waals surface area contributed by atoms with Crippen LogP contribution in [0.4, 0.5) is 0 Å². The molecule has 6 nitrogen and oxygen atoms in total. The third-order valence-corrected chi connectivity index (χ3v) is 2.24. The molecule has 2 rings (SSSR count). The summed E-state index contributed by atoms with van der Waals surface area (Å²) in [6, 6.07) is 10.2. The zero-order valence-electron chi connectivity index (χ0n) is 9.11. The molecule has 0 aliphatic carbocycles. The van der Waals surface area contributed by atoms with Gasteiger partial charge in [0.1, 0.15) is 11.9 Å². The largest absolute Gasteiger partial charge is 0.726 e. The van der Waals surface area contributed by atoms with Gasteiger partial charge in [0.2, 0.25) is 10.4 Å². The Kier molecular flexibility index (Phi) is 4.98. The van der Waals surface area contributed by atoms with E-state index >= 15 is 0 Å². The molecule has 0 spiro atoms. The first-order chi connectivity index (χ1) is 8.03. The van der Waals surface area contributed by atoms with Gasteiger partial charge in [-0.15, -0.1) is 0 Å². The minimum atomic E-state index is -4.41. The zero-order chi connectivity index (χ0) is 12.7. The Hall–Kier alpha value is -1.54. The molecule has 1 aromatic carbocycles. The summed E-state index contributed by atoms with van der Waals surface area (Å²) in [4.78, 5) is 0. The summed E-state index contributed by atoms with van der Waals surface area (Å²) >= 11 is 0. The van der Waals surface area contributed by atoms with E-state index in [0.717, 1.165) is 12.8 Å². The molecular formula is C10H12N2O4S. The molecule has 7 heteroatoms. The van der Waals surface area contributed by atoms with Crippen LogP contribution in [-0.4, -0.2) is 25.8 Å². The van der Waals surface area contributed by atoms with Gasteiger partial charge in [-0.25, -0.2) is 8.42 Å². The van der Waals surface area contributed by atoms with E-state index in [1.807, 2.05) is 35.9 Å². The van der Waals surface area contributed by atoms with E-state index in [-0.39, 0.29) is 0 Å². The molecule has 0 saturated carbocycles. The van der Waals surface area contributed by atoms with E-state index in [1.165, 1.54) is 5.56 Å². The Bertz CT molecular complexity index is 508. The van der Waals surface area contributed by atoms with E-state index in [4.69, 9.17) is 0 Å². The van der Waals surface area contributed by atoms with Crippen molar-refractivity contribution in [2.45, 2.75) is 0 Å². The van der Waals surface area contributed by atoms with Crippen molar-refractivity contribution in [2.24, 2.45) is 5.10 Å². The molecule has 1 heterocycles. The topological polar surface area (TPSA) is 95.4 Å². The summed E-state index contributed by atoms with van der Waals surface area (Å²) in [5.74, 6) is 0. The van der Waals surface area contributed by atoms with Gasteiger partial charge in [0.25, 0.3) is 0 Å². The number of quaternary nitrogens is 1. The summed E-state index contributed by atoms with van der Waals surface area (Å²) in [6.07, 6.45) is 3.96. The van der Waals surface area contributed by atoms with Crippen molar-refractivity contribution in [3.63, 3.8) is 0 Å². The van der Waals surface area contributed by atoms with Gasteiger partial charge in [0.05, 0.1) is 7.11 Å². The van der Waals surface area contributed by atoms with Crippen LogP contribution in [0.5, 0.6) is 0 Å². The van der Waals surface area contributed by atoms with Gasteiger partial charge < -0.3 is 4.55 Å². The van der Waals surface area contributed by atoms with E-state index in [0.29, 0.717) is 0 Å². The number of hydrogen-bond donors (Lipinski definition) is 1. The van der Waals surface area contributed by atoms with E-state index in [2.05, 4.69) is 21.4 Å². The van der Waals surface area contributed by atoms with Crippen molar-refractivity contribution in [1.29, 1.82) is 0 Å². The van der Waals surface area contributed by atoms with E-state index in [9.17, 15) is 13.0 Å². The highest BCUT2D eigenvalue weighted by Gasteiger charge is 2.04. The van der Waals surface area contributed by atoms with Crippen molar-refractivity contribution in [1.82, 2.24) is 0 Å². The second kappa shape index (κ2) is 6.26. The molecule has 0 atom stereocenters. The summed E-state index contributed by atoms with van der Waals surface area (Å²) in [6.45, 7) is 0. The zero-order valence-corrected chi connectivity index (χ0v) is 9.92. The smallest absolute Gasteiger partial charge is 0.217 e. The molecular weight excluding hydrogens is 244 g/mol. The summed E-state index contributed by atoms with van der Waals surface area (Å²) < 4.78 is 31.0. The van der Waals surface area contributed by atoms with Gasteiger partial charge in [0.15, 0.2) is 0 Å². The van der Waals surface area contributed by atoms with Crippen LogP contribution in [0.3, 0.4) is 0 Å². The Morgan fingerprint density at radius 2 is 1.88 bits per heavy atom. The van der Waals surface area contributed by atoms with Crippen LogP contribution >= 0.6 is 0 Å². The Morgan fingerprint density at radius 3 is 2.29 bits per heavy atom.